The van der Waals surface area contributed by atoms with Gasteiger partial charge >= 0.3 is 0 Å². The Hall–Kier alpha value is -1.29. The maximum Gasteiger partial charge on any atom is 0.234 e. The number of pyridine rings is 1. The summed E-state index contributed by atoms with van der Waals surface area (Å²) >= 11 is 5.80. The van der Waals surface area contributed by atoms with E-state index in [2.05, 4.69) is 4.98 Å². The van der Waals surface area contributed by atoms with E-state index in [-0.39, 0.29) is 11.8 Å². The van der Waals surface area contributed by atoms with E-state index in [1.54, 1.807) is 13.1 Å². The Bertz CT molecular complexity index is 408. The molecule has 1 aliphatic rings. The molecule has 0 spiro atoms. The number of fused-ring (bicyclic) bond motifs is 1. The van der Waals surface area contributed by atoms with Gasteiger partial charge in [0.25, 0.3) is 0 Å². The Morgan fingerprint density at radius 2 is 2.40 bits per heavy atom. The number of halogens is 1. The van der Waals surface area contributed by atoms with Crippen LogP contribution >= 0.6 is 11.6 Å². The lowest BCUT2D eigenvalue weighted by Crippen LogP contribution is -2.32. The molecule has 80 valence electrons. The molecule has 15 heavy (non-hydrogen) atoms. The van der Waals surface area contributed by atoms with Crippen molar-refractivity contribution in [1.29, 1.82) is 0 Å². The Morgan fingerprint density at radius 1 is 1.67 bits per heavy atom. The van der Waals surface area contributed by atoms with Crippen LogP contribution in [0.1, 0.15) is 6.92 Å². The fourth-order valence-corrected chi connectivity index (χ4v) is 1.64. The van der Waals surface area contributed by atoms with E-state index in [9.17, 15) is 4.79 Å². The first-order valence-electron chi connectivity index (χ1n) is 4.65. The van der Waals surface area contributed by atoms with Gasteiger partial charge in [0.2, 0.25) is 5.91 Å². The van der Waals surface area contributed by atoms with E-state index < -0.39 is 0 Å². The van der Waals surface area contributed by atoms with Crippen molar-refractivity contribution in [3.05, 3.63) is 17.3 Å². The minimum Gasteiger partial charge on any atom is -0.489 e. The van der Waals surface area contributed by atoms with E-state index in [0.29, 0.717) is 23.2 Å². The third-order valence-electron chi connectivity index (χ3n) is 2.36. The lowest BCUT2D eigenvalue weighted by Gasteiger charge is -2.16. The minimum atomic E-state index is -0.164. The van der Waals surface area contributed by atoms with Gasteiger partial charge in [-0.2, -0.15) is 0 Å². The van der Waals surface area contributed by atoms with Crippen LogP contribution in [0, 0.1) is 5.92 Å². The number of nitrogens with zero attached hydrogens (tertiary/aromatic N) is 2. The zero-order valence-electron chi connectivity index (χ0n) is 8.53. The quantitative estimate of drug-likeness (QED) is 0.677. The predicted molar refractivity (Wildman–Crippen MR) is 57.3 cm³/mol. The summed E-state index contributed by atoms with van der Waals surface area (Å²) in [5.41, 5.74) is 0. The van der Waals surface area contributed by atoms with Crippen LogP contribution in [0.3, 0.4) is 0 Å². The summed E-state index contributed by atoms with van der Waals surface area (Å²) in [5, 5.41) is 0.504. The lowest BCUT2D eigenvalue weighted by molar-refractivity contribution is -0.122. The average molecular weight is 227 g/mol. The van der Waals surface area contributed by atoms with Crippen molar-refractivity contribution < 1.29 is 9.53 Å². The number of anilines is 1. The van der Waals surface area contributed by atoms with Gasteiger partial charge in [0.1, 0.15) is 0 Å². The number of hydrogen-bond donors (Lipinski definition) is 0. The van der Waals surface area contributed by atoms with E-state index in [1.165, 1.54) is 11.1 Å². The molecule has 0 saturated carbocycles. The number of ether oxygens (including phenoxy) is 1. The first kappa shape index (κ1) is 10.2. The molecule has 2 rings (SSSR count). The zero-order chi connectivity index (χ0) is 11.0. The second kappa shape index (κ2) is 3.70. The molecular formula is C10H11ClN2O2. The first-order chi connectivity index (χ1) is 7.09. The fraction of sp³-hybridized carbons (Fsp3) is 0.400. The average Bonchev–Trinajstić information content (AvgIpc) is 2.32. The molecule has 1 aromatic rings. The van der Waals surface area contributed by atoms with Crippen LogP contribution in [0.2, 0.25) is 5.02 Å². The first-order valence-corrected chi connectivity index (χ1v) is 5.03. The molecular weight excluding hydrogens is 216 g/mol. The monoisotopic (exact) mass is 226 g/mol. The van der Waals surface area contributed by atoms with Gasteiger partial charge in [0, 0.05) is 19.3 Å². The molecule has 0 N–H and O–H groups in total. The third kappa shape index (κ3) is 1.77. The number of hydrogen-bond acceptors (Lipinski definition) is 3. The topological polar surface area (TPSA) is 42.4 Å². The van der Waals surface area contributed by atoms with Crippen molar-refractivity contribution in [2.45, 2.75) is 6.92 Å². The second-order valence-corrected chi connectivity index (χ2v) is 4.02. The number of carbonyl (C=O) groups excluding carboxylic acids is 1. The molecule has 0 aliphatic carbocycles. The molecule has 5 heteroatoms. The van der Waals surface area contributed by atoms with Crippen LogP contribution < -0.4 is 9.64 Å². The highest BCUT2D eigenvalue weighted by molar-refractivity contribution is 6.30. The van der Waals surface area contributed by atoms with E-state index in [0.717, 1.165) is 0 Å². The maximum absolute atomic E-state index is 11.8. The minimum absolute atomic E-state index is 0.00331. The van der Waals surface area contributed by atoms with Gasteiger partial charge in [-0.15, -0.1) is 0 Å². The molecule has 1 aromatic heterocycles. The standard InChI is InChI=1S/C10H11ClN2O2/c1-6-5-15-8-3-7(11)4-12-9(8)13(2)10(6)14/h3-4,6H,5H2,1-2H3. The maximum atomic E-state index is 11.8. The van der Waals surface area contributed by atoms with Crippen molar-refractivity contribution in [3.63, 3.8) is 0 Å². The van der Waals surface area contributed by atoms with Gasteiger partial charge in [-0.1, -0.05) is 18.5 Å². The van der Waals surface area contributed by atoms with E-state index >= 15 is 0 Å². The molecule has 4 nitrogen and oxygen atoms in total. The number of aromatic nitrogens is 1. The predicted octanol–water partition coefficient (Wildman–Crippen LogP) is 1.73. The molecule has 1 atom stereocenters. The van der Waals surface area contributed by atoms with Crippen LogP contribution in [-0.4, -0.2) is 24.5 Å². The molecule has 0 fully saturated rings. The third-order valence-corrected chi connectivity index (χ3v) is 2.56. The van der Waals surface area contributed by atoms with Gasteiger partial charge < -0.3 is 4.74 Å². The van der Waals surface area contributed by atoms with E-state index in [4.69, 9.17) is 16.3 Å². The normalized spacial score (nSPS) is 20.6. The lowest BCUT2D eigenvalue weighted by atomic mass is 10.2. The summed E-state index contributed by atoms with van der Waals surface area (Å²) in [6.07, 6.45) is 1.50. The molecule has 1 aliphatic heterocycles. The Balaban J connectivity index is 2.47. The summed E-state index contributed by atoms with van der Waals surface area (Å²) in [5.74, 6) is 0.919. The molecule has 1 amide bonds. The summed E-state index contributed by atoms with van der Waals surface area (Å²) in [7, 11) is 1.69. The Labute approximate surface area is 92.8 Å². The zero-order valence-corrected chi connectivity index (χ0v) is 9.28. The molecule has 1 unspecified atom stereocenters. The van der Waals surface area contributed by atoms with Crippen molar-refractivity contribution in [2.75, 3.05) is 18.6 Å². The van der Waals surface area contributed by atoms with Crippen molar-refractivity contribution in [1.82, 2.24) is 4.98 Å². The smallest absolute Gasteiger partial charge is 0.234 e. The number of amides is 1. The van der Waals surface area contributed by atoms with Gasteiger partial charge in [0.05, 0.1) is 17.5 Å². The van der Waals surface area contributed by atoms with Gasteiger partial charge in [-0.05, 0) is 0 Å². The van der Waals surface area contributed by atoms with Crippen molar-refractivity contribution in [3.8, 4) is 5.75 Å². The summed E-state index contributed by atoms with van der Waals surface area (Å²) in [6.45, 7) is 2.19. The molecule has 0 aromatic carbocycles. The summed E-state index contributed by atoms with van der Waals surface area (Å²) in [4.78, 5) is 17.4. The van der Waals surface area contributed by atoms with Crippen LogP contribution in [0.25, 0.3) is 0 Å². The van der Waals surface area contributed by atoms with E-state index in [1.807, 2.05) is 6.92 Å². The van der Waals surface area contributed by atoms with Crippen LogP contribution in [-0.2, 0) is 4.79 Å². The molecule has 2 heterocycles. The SMILES string of the molecule is CC1COc2cc(Cl)cnc2N(C)C1=O. The van der Waals surface area contributed by atoms with Crippen LogP contribution in [0.15, 0.2) is 12.3 Å². The fourth-order valence-electron chi connectivity index (χ4n) is 1.49. The van der Waals surface area contributed by atoms with Gasteiger partial charge in [-0.25, -0.2) is 4.98 Å². The molecule has 0 radical (unpaired) electrons. The molecule has 0 bridgehead atoms. The highest BCUT2D eigenvalue weighted by atomic mass is 35.5. The van der Waals surface area contributed by atoms with Crippen LogP contribution in [0.5, 0.6) is 5.75 Å². The molecule has 0 saturated heterocycles. The van der Waals surface area contributed by atoms with Crippen molar-refractivity contribution in [2.24, 2.45) is 5.92 Å². The summed E-state index contributed by atoms with van der Waals surface area (Å²) < 4.78 is 5.47. The summed E-state index contributed by atoms with van der Waals surface area (Å²) in [6, 6.07) is 1.67. The highest BCUT2D eigenvalue weighted by Gasteiger charge is 2.26. The number of rotatable bonds is 0. The van der Waals surface area contributed by atoms with Gasteiger partial charge in [0.15, 0.2) is 11.6 Å². The number of carbonyl (C=O) groups is 1. The second-order valence-electron chi connectivity index (χ2n) is 3.58. The van der Waals surface area contributed by atoms with Crippen LogP contribution in [0.4, 0.5) is 5.82 Å². The highest BCUT2D eigenvalue weighted by Crippen LogP contribution is 2.31. The largest absolute Gasteiger partial charge is 0.489 e. The van der Waals surface area contributed by atoms with Gasteiger partial charge in [-0.3, -0.25) is 9.69 Å². The van der Waals surface area contributed by atoms with Crippen molar-refractivity contribution >= 4 is 23.3 Å². The Kier molecular flexibility index (Phi) is 2.52. The Morgan fingerprint density at radius 3 is 3.13 bits per heavy atom.